The highest BCUT2D eigenvalue weighted by Crippen LogP contribution is 1.97. The minimum atomic E-state index is 0.840. The molecule has 0 amide bonds. The Labute approximate surface area is 80.4 Å². The van der Waals surface area contributed by atoms with E-state index < -0.39 is 0 Å². The molecule has 1 aromatic carbocycles. The molecule has 1 aromatic rings. The molecule has 0 aliphatic rings. The molecule has 0 atom stereocenters. The second kappa shape index (κ2) is 5.40. The van der Waals surface area contributed by atoms with Crippen molar-refractivity contribution in [2.75, 3.05) is 20.6 Å². The zero-order chi connectivity index (χ0) is 9.52. The molecule has 0 fully saturated rings. The van der Waals surface area contributed by atoms with Crippen molar-refractivity contribution >= 4 is 0 Å². The Morgan fingerprint density at radius 3 is 2.38 bits per heavy atom. The lowest BCUT2D eigenvalue weighted by Gasteiger charge is -2.00. The fourth-order valence-corrected chi connectivity index (χ4v) is 0.974. The van der Waals surface area contributed by atoms with E-state index in [1.807, 2.05) is 32.3 Å². The third-order valence-electron chi connectivity index (χ3n) is 1.66. The third kappa shape index (κ3) is 4.35. The van der Waals surface area contributed by atoms with E-state index in [0.717, 1.165) is 13.0 Å². The molecule has 0 radical (unpaired) electrons. The second-order valence-corrected chi connectivity index (χ2v) is 3.25. The summed E-state index contributed by atoms with van der Waals surface area (Å²) in [5, 5.41) is 0. The van der Waals surface area contributed by atoms with Crippen molar-refractivity contribution in [1.29, 1.82) is 0 Å². The zero-order valence-electron chi connectivity index (χ0n) is 8.25. The first-order chi connectivity index (χ1) is 6.29. The van der Waals surface area contributed by atoms with Crippen LogP contribution in [0.5, 0.6) is 0 Å². The van der Waals surface area contributed by atoms with Gasteiger partial charge in [-0.2, -0.15) is 0 Å². The fourth-order valence-electron chi connectivity index (χ4n) is 0.974. The lowest BCUT2D eigenvalue weighted by molar-refractivity contribution is 0.463. The first-order valence-electron chi connectivity index (χ1n) is 4.43. The third-order valence-corrected chi connectivity index (χ3v) is 1.66. The number of benzene rings is 1. The van der Waals surface area contributed by atoms with Gasteiger partial charge in [-0.15, -0.1) is 0 Å². The fraction of sp³-hybridized carbons (Fsp3) is 0.333. The molecule has 13 heavy (non-hydrogen) atoms. The molecule has 1 heteroatoms. The molecule has 0 N–H and O–H groups in total. The molecule has 0 saturated carbocycles. The summed E-state index contributed by atoms with van der Waals surface area (Å²) in [6.45, 7) is 0.840. The zero-order valence-corrected chi connectivity index (χ0v) is 8.25. The van der Waals surface area contributed by atoms with Gasteiger partial charge in [-0.3, -0.25) is 4.90 Å². The van der Waals surface area contributed by atoms with Crippen molar-refractivity contribution in [2.24, 2.45) is 0 Å². The minimum Gasteiger partial charge on any atom is -0.299 e. The van der Waals surface area contributed by atoms with Crippen LogP contribution in [0.25, 0.3) is 0 Å². The summed E-state index contributed by atoms with van der Waals surface area (Å²) in [5.74, 6) is 6.25. The summed E-state index contributed by atoms with van der Waals surface area (Å²) >= 11 is 0. The Hall–Kier alpha value is -1.26. The van der Waals surface area contributed by atoms with Gasteiger partial charge in [0.05, 0.1) is 6.54 Å². The molecule has 68 valence electrons. The number of hydrogen-bond acceptors (Lipinski definition) is 1. The van der Waals surface area contributed by atoms with E-state index in [0.29, 0.717) is 0 Å². The molecule has 0 bridgehead atoms. The molecule has 1 rings (SSSR count). The van der Waals surface area contributed by atoms with Gasteiger partial charge in [-0.25, -0.2) is 0 Å². The van der Waals surface area contributed by atoms with Gasteiger partial charge < -0.3 is 0 Å². The van der Waals surface area contributed by atoms with Crippen molar-refractivity contribution in [3.05, 3.63) is 35.9 Å². The predicted octanol–water partition coefficient (Wildman–Crippen LogP) is 1.79. The average Bonchev–Trinajstić information content (AvgIpc) is 2.14. The lowest BCUT2D eigenvalue weighted by Crippen LogP contribution is -2.10. The first kappa shape index (κ1) is 9.83. The van der Waals surface area contributed by atoms with Crippen LogP contribution in [-0.4, -0.2) is 25.5 Å². The highest BCUT2D eigenvalue weighted by atomic mass is 15.0. The minimum absolute atomic E-state index is 0.840. The lowest BCUT2D eigenvalue weighted by atomic mass is 10.2. The van der Waals surface area contributed by atoms with Crippen molar-refractivity contribution in [2.45, 2.75) is 6.42 Å². The first-order valence-corrected chi connectivity index (χ1v) is 4.43. The van der Waals surface area contributed by atoms with Crippen molar-refractivity contribution in [1.82, 2.24) is 4.90 Å². The number of nitrogens with zero attached hydrogens (tertiary/aromatic N) is 1. The van der Waals surface area contributed by atoms with Gasteiger partial charge in [-0.1, -0.05) is 42.2 Å². The van der Waals surface area contributed by atoms with Gasteiger partial charge in [0.2, 0.25) is 0 Å². The van der Waals surface area contributed by atoms with Crippen LogP contribution in [0.3, 0.4) is 0 Å². The summed E-state index contributed by atoms with van der Waals surface area (Å²) in [7, 11) is 4.05. The molecule has 0 aliphatic heterocycles. The van der Waals surface area contributed by atoms with Crippen LogP contribution in [-0.2, 0) is 6.42 Å². The molecule has 1 nitrogen and oxygen atoms in total. The van der Waals surface area contributed by atoms with Crippen molar-refractivity contribution in [3.63, 3.8) is 0 Å². The summed E-state index contributed by atoms with van der Waals surface area (Å²) < 4.78 is 0. The van der Waals surface area contributed by atoms with E-state index in [4.69, 9.17) is 0 Å². The van der Waals surface area contributed by atoms with Crippen molar-refractivity contribution < 1.29 is 0 Å². The second-order valence-electron chi connectivity index (χ2n) is 3.25. The Morgan fingerprint density at radius 2 is 1.77 bits per heavy atom. The molecule has 0 spiro atoms. The highest BCUT2D eigenvalue weighted by Gasteiger charge is 1.85. The van der Waals surface area contributed by atoms with Gasteiger partial charge in [0, 0.05) is 6.42 Å². The standard InChI is InChI=1S/C12H15N/c1-13(2)11-7-6-10-12-8-4-3-5-9-12/h3-5,8-9H,10-11H2,1-2H3. The summed E-state index contributed by atoms with van der Waals surface area (Å²) in [6, 6.07) is 10.3. The largest absolute Gasteiger partial charge is 0.299 e. The SMILES string of the molecule is CN(C)CC#CCc1ccccc1. The van der Waals surface area contributed by atoms with E-state index >= 15 is 0 Å². The number of hydrogen-bond donors (Lipinski definition) is 0. The van der Waals surface area contributed by atoms with Crippen LogP contribution in [0.1, 0.15) is 5.56 Å². The monoisotopic (exact) mass is 173 g/mol. The van der Waals surface area contributed by atoms with E-state index in [2.05, 4.69) is 28.9 Å². The maximum Gasteiger partial charge on any atom is 0.0596 e. The summed E-state index contributed by atoms with van der Waals surface area (Å²) in [5.41, 5.74) is 1.29. The maximum atomic E-state index is 3.14. The average molecular weight is 173 g/mol. The smallest absolute Gasteiger partial charge is 0.0596 e. The predicted molar refractivity (Wildman–Crippen MR) is 56.5 cm³/mol. The molecule has 0 heterocycles. The maximum absolute atomic E-state index is 3.14. The van der Waals surface area contributed by atoms with E-state index in [1.54, 1.807) is 0 Å². The van der Waals surface area contributed by atoms with Gasteiger partial charge >= 0.3 is 0 Å². The van der Waals surface area contributed by atoms with Gasteiger partial charge in [-0.05, 0) is 19.7 Å². The van der Waals surface area contributed by atoms with E-state index in [1.165, 1.54) is 5.56 Å². The van der Waals surface area contributed by atoms with Crippen LogP contribution >= 0.6 is 0 Å². The van der Waals surface area contributed by atoms with E-state index in [-0.39, 0.29) is 0 Å². The Kier molecular flexibility index (Phi) is 4.08. The normalized spacial score (nSPS) is 9.46. The molecule has 0 unspecified atom stereocenters. The van der Waals surface area contributed by atoms with Crippen molar-refractivity contribution in [3.8, 4) is 11.8 Å². The summed E-state index contributed by atoms with van der Waals surface area (Å²) in [6.07, 6.45) is 0.856. The molecular formula is C12H15N. The Bertz CT molecular complexity index is 290. The molecule has 0 saturated heterocycles. The van der Waals surface area contributed by atoms with Crippen LogP contribution in [0, 0.1) is 11.8 Å². The van der Waals surface area contributed by atoms with E-state index in [9.17, 15) is 0 Å². The topological polar surface area (TPSA) is 3.24 Å². The molecule has 0 aliphatic carbocycles. The van der Waals surface area contributed by atoms with Crippen LogP contribution < -0.4 is 0 Å². The summed E-state index contributed by atoms with van der Waals surface area (Å²) in [4.78, 5) is 2.07. The Balaban J connectivity index is 2.37. The van der Waals surface area contributed by atoms with Crippen LogP contribution in [0.2, 0.25) is 0 Å². The van der Waals surface area contributed by atoms with Crippen LogP contribution in [0.4, 0.5) is 0 Å². The quantitative estimate of drug-likeness (QED) is 0.616. The number of rotatable bonds is 2. The molecular weight excluding hydrogens is 158 g/mol. The van der Waals surface area contributed by atoms with Crippen LogP contribution in [0.15, 0.2) is 30.3 Å². The van der Waals surface area contributed by atoms with Gasteiger partial charge in [0.1, 0.15) is 0 Å². The molecule has 0 aromatic heterocycles. The van der Waals surface area contributed by atoms with Gasteiger partial charge in [0.15, 0.2) is 0 Å². The van der Waals surface area contributed by atoms with Gasteiger partial charge in [0.25, 0.3) is 0 Å². The Morgan fingerprint density at radius 1 is 1.08 bits per heavy atom. The highest BCUT2D eigenvalue weighted by molar-refractivity contribution is 5.20.